The number of anilines is 1. The highest BCUT2D eigenvalue weighted by molar-refractivity contribution is 5.79. The van der Waals surface area contributed by atoms with Gasteiger partial charge >= 0.3 is 0 Å². The molecule has 0 radical (unpaired) electrons. The van der Waals surface area contributed by atoms with E-state index >= 15 is 0 Å². The minimum Gasteiger partial charge on any atom is -0.383 e. The number of nitrogen functional groups attached to an aromatic ring is 1. The highest BCUT2D eigenvalue weighted by Gasteiger charge is 2.16. The first-order valence-corrected chi connectivity index (χ1v) is 6.48. The molecule has 0 spiro atoms. The standard InChI is InChI=1S/C16H16FN3/c1-9-6-10(2)14(11(3)7-9)15-16(18)20-8-12(17)4-5-13(20)19-15/h4-8H,18H2,1-3H3. The van der Waals surface area contributed by atoms with E-state index in [-0.39, 0.29) is 5.82 Å². The first-order valence-electron chi connectivity index (χ1n) is 6.48. The van der Waals surface area contributed by atoms with Crippen LogP contribution in [0.1, 0.15) is 16.7 Å². The van der Waals surface area contributed by atoms with Crippen molar-refractivity contribution in [2.45, 2.75) is 20.8 Å². The van der Waals surface area contributed by atoms with Gasteiger partial charge in [-0.3, -0.25) is 4.40 Å². The normalized spacial score (nSPS) is 11.2. The molecule has 0 bridgehead atoms. The lowest BCUT2D eigenvalue weighted by Gasteiger charge is -2.09. The Bertz CT molecular complexity index is 795. The molecule has 3 rings (SSSR count). The van der Waals surface area contributed by atoms with Gasteiger partial charge in [0.1, 0.15) is 23.0 Å². The monoisotopic (exact) mass is 269 g/mol. The maximum atomic E-state index is 13.3. The molecule has 2 N–H and O–H groups in total. The van der Waals surface area contributed by atoms with Crippen molar-refractivity contribution in [1.82, 2.24) is 9.38 Å². The molecule has 2 aromatic heterocycles. The van der Waals surface area contributed by atoms with E-state index in [0.29, 0.717) is 17.2 Å². The Morgan fingerprint density at radius 3 is 2.40 bits per heavy atom. The molecule has 1 aromatic carbocycles. The van der Waals surface area contributed by atoms with Gasteiger partial charge < -0.3 is 5.73 Å². The molecule has 102 valence electrons. The number of rotatable bonds is 1. The molecular formula is C16H16FN3. The van der Waals surface area contributed by atoms with E-state index in [0.717, 1.165) is 16.7 Å². The molecule has 2 heterocycles. The zero-order chi connectivity index (χ0) is 14.4. The van der Waals surface area contributed by atoms with Gasteiger partial charge in [0.25, 0.3) is 0 Å². The third-order valence-electron chi connectivity index (χ3n) is 3.53. The molecule has 0 aliphatic carbocycles. The Labute approximate surface area is 116 Å². The summed E-state index contributed by atoms with van der Waals surface area (Å²) in [5, 5.41) is 0. The zero-order valence-corrected chi connectivity index (χ0v) is 11.7. The molecule has 0 saturated heterocycles. The van der Waals surface area contributed by atoms with E-state index < -0.39 is 0 Å². The van der Waals surface area contributed by atoms with Gasteiger partial charge in [0.05, 0.1) is 0 Å². The fourth-order valence-corrected chi connectivity index (χ4v) is 2.77. The number of nitrogens with zero attached hydrogens (tertiary/aromatic N) is 2. The van der Waals surface area contributed by atoms with E-state index in [1.165, 1.54) is 17.8 Å². The highest BCUT2D eigenvalue weighted by Crippen LogP contribution is 2.32. The zero-order valence-electron chi connectivity index (χ0n) is 11.7. The Balaban J connectivity index is 2.33. The topological polar surface area (TPSA) is 43.3 Å². The first-order chi connectivity index (χ1) is 9.47. The van der Waals surface area contributed by atoms with Crippen LogP contribution < -0.4 is 5.73 Å². The summed E-state index contributed by atoms with van der Waals surface area (Å²) >= 11 is 0. The van der Waals surface area contributed by atoms with Crippen molar-refractivity contribution in [2.24, 2.45) is 0 Å². The van der Waals surface area contributed by atoms with Gasteiger partial charge in [-0.25, -0.2) is 9.37 Å². The average molecular weight is 269 g/mol. The number of aryl methyl sites for hydroxylation is 3. The first kappa shape index (κ1) is 12.7. The third-order valence-corrected chi connectivity index (χ3v) is 3.53. The van der Waals surface area contributed by atoms with Crippen molar-refractivity contribution in [3.8, 4) is 11.3 Å². The summed E-state index contributed by atoms with van der Waals surface area (Å²) in [6, 6.07) is 7.23. The largest absolute Gasteiger partial charge is 0.383 e. The van der Waals surface area contributed by atoms with Crippen LogP contribution in [0.5, 0.6) is 0 Å². The predicted molar refractivity (Wildman–Crippen MR) is 79.2 cm³/mol. The maximum Gasteiger partial charge on any atom is 0.140 e. The summed E-state index contributed by atoms with van der Waals surface area (Å²) in [7, 11) is 0. The van der Waals surface area contributed by atoms with Crippen LogP contribution in [0.3, 0.4) is 0 Å². The molecule has 4 heteroatoms. The molecule has 20 heavy (non-hydrogen) atoms. The second-order valence-corrected chi connectivity index (χ2v) is 5.19. The van der Waals surface area contributed by atoms with Crippen LogP contribution in [0.25, 0.3) is 16.9 Å². The highest BCUT2D eigenvalue weighted by atomic mass is 19.1. The summed E-state index contributed by atoms with van der Waals surface area (Å²) in [5.74, 6) is 0.139. The predicted octanol–water partition coefficient (Wildman–Crippen LogP) is 3.65. The number of halogens is 1. The van der Waals surface area contributed by atoms with Gasteiger partial charge in [0.15, 0.2) is 0 Å². The van der Waals surface area contributed by atoms with Crippen molar-refractivity contribution >= 4 is 11.5 Å². The van der Waals surface area contributed by atoms with Crippen LogP contribution in [0.15, 0.2) is 30.5 Å². The van der Waals surface area contributed by atoms with Crippen molar-refractivity contribution in [1.29, 1.82) is 0 Å². The van der Waals surface area contributed by atoms with Crippen molar-refractivity contribution < 1.29 is 4.39 Å². The Morgan fingerprint density at radius 2 is 1.75 bits per heavy atom. The molecule has 0 unspecified atom stereocenters. The van der Waals surface area contributed by atoms with E-state index in [2.05, 4.69) is 24.0 Å². The van der Waals surface area contributed by atoms with Crippen molar-refractivity contribution in [3.63, 3.8) is 0 Å². The number of aromatic nitrogens is 2. The maximum absolute atomic E-state index is 13.3. The van der Waals surface area contributed by atoms with Gasteiger partial charge in [-0.15, -0.1) is 0 Å². The van der Waals surface area contributed by atoms with Gasteiger partial charge in [-0.2, -0.15) is 0 Å². The number of benzene rings is 1. The smallest absolute Gasteiger partial charge is 0.140 e. The summed E-state index contributed by atoms with van der Waals surface area (Å²) in [5.41, 5.74) is 12.0. The number of nitrogens with two attached hydrogens (primary N) is 1. The average Bonchev–Trinajstić information content (AvgIpc) is 2.66. The molecule has 3 aromatic rings. The van der Waals surface area contributed by atoms with Gasteiger partial charge in [-0.1, -0.05) is 17.7 Å². The van der Waals surface area contributed by atoms with E-state index in [4.69, 9.17) is 5.73 Å². The summed E-state index contributed by atoms with van der Waals surface area (Å²) in [4.78, 5) is 4.55. The third kappa shape index (κ3) is 1.84. The van der Waals surface area contributed by atoms with Crippen LogP contribution in [-0.4, -0.2) is 9.38 Å². The van der Waals surface area contributed by atoms with Crippen molar-refractivity contribution in [3.05, 3.63) is 53.0 Å². The van der Waals surface area contributed by atoms with Gasteiger partial charge in [-0.05, 0) is 44.0 Å². The van der Waals surface area contributed by atoms with Gasteiger partial charge in [0, 0.05) is 11.8 Å². The van der Waals surface area contributed by atoms with Crippen LogP contribution in [0, 0.1) is 26.6 Å². The minimum absolute atomic E-state index is 0.328. The van der Waals surface area contributed by atoms with Crippen LogP contribution >= 0.6 is 0 Å². The molecule has 0 saturated carbocycles. The van der Waals surface area contributed by atoms with Crippen LogP contribution in [0.2, 0.25) is 0 Å². The lowest BCUT2D eigenvalue weighted by Crippen LogP contribution is -1.97. The molecular weight excluding hydrogens is 253 g/mol. The number of hydrogen-bond donors (Lipinski definition) is 1. The van der Waals surface area contributed by atoms with E-state index in [9.17, 15) is 4.39 Å². The molecule has 0 atom stereocenters. The summed E-state index contributed by atoms with van der Waals surface area (Å²) < 4.78 is 14.9. The van der Waals surface area contributed by atoms with E-state index in [1.54, 1.807) is 10.5 Å². The van der Waals surface area contributed by atoms with Crippen molar-refractivity contribution in [2.75, 3.05) is 5.73 Å². The lowest BCUT2D eigenvalue weighted by molar-refractivity contribution is 0.619. The van der Waals surface area contributed by atoms with Crippen LogP contribution in [0.4, 0.5) is 10.2 Å². The molecule has 0 fully saturated rings. The molecule has 0 aliphatic rings. The lowest BCUT2D eigenvalue weighted by atomic mass is 9.97. The van der Waals surface area contributed by atoms with E-state index in [1.807, 2.05) is 13.8 Å². The second-order valence-electron chi connectivity index (χ2n) is 5.19. The fraction of sp³-hybridized carbons (Fsp3) is 0.188. The summed E-state index contributed by atoms with van der Waals surface area (Å²) in [6.45, 7) is 6.14. The SMILES string of the molecule is Cc1cc(C)c(-c2nc3ccc(F)cn3c2N)c(C)c1. The second kappa shape index (κ2) is 4.34. The number of fused-ring (bicyclic) bond motifs is 1. The minimum atomic E-state index is -0.328. The Morgan fingerprint density at radius 1 is 1.10 bits per heavy atom. The number of imidazole rings is 1. The Kier molecular flexibility index (Phi) is 2.74. The number of pyridine rings is 1. The summed E-state index contributed by atoms with van der Waals surface area (Å²) in [6.07, 6.45) is 1.36. The fourth-order valence-electron chi connectivity index (χ4n) is 2.77. The van der Waals surface area contributed by atoms with Gasteiger partial charge in [0.2, 0.25) is 0 Å². The quantitative estimate of drug-likeness (QED) is 0.732. The molecule has 3 nitrogen and oxygen atoms in total. The van der Waals surface area contributed by atoms with Crippen LogP contribution in [-0.2, 0) is 0 Å². The Hall–Kier alpha value is -2.36. The number of hydrogen-bond acceptors (Lipinski definition) is 2. The molecule has 0 amide bonds. The molecule has 0 aliphatic heterocycles.